The second-order valence-corrected chi connectivity index (χ2v) is 7.58. The first-order valence-corrected chi connectivity index (χ1v) is 7.16. The summed E-state index contributed by atoms with van der Waals surface area (Å²) in [4.78, 5) is 11.1. The van der Waals surface area contributed by atoms with E-state index >= 15 is 0 Å². The second-order valence-electron chi connectivity index (χ2n) is 4.73. The third-order valence-electron chi connectivity index (χ3n) is 2.03. The van der Waals surface area contributed by atoms with Gasteiger partial charge in [0.2, 0.25) is 5.91 Å². The Labute approximate surface area is 118 Å². The lowest BCUT2D eigenvalue weighted by atomic mass is 10.1. The molecule has 0 fully saturated rings. The minimum absolute atomic E-state index is 0.382. The molecule has 1 rings (SSSR count). The summed E-state index contributed by atoms with van der Waals surface area (Å²) in [6, 6.07) is 5.01. The minimum atomic E-state index is -1.32. The van der Waals surface area contributed by atoms with Crippen molar-refractivity contribution in [2.75, 3.05) is 0 Å². The van der Waals surface area contributed by atoms with Gasteiger partial charge in [0.25, 0.3) is 0 Å². The van der Waals surface area contributed by atoms with Crippen LogP contribution in [0.25, 0.3) is 0 Å². The Morgan fingerprint density at radius 3 is 2.56 bits per heavy atom. The lowest BCUT2D eigenvalue weighted by Crippen LogP contribution is -2.25. The van der Waals surface area contributed by atoms with Gasteiger partial charge in [0.1, 0.15) is 16.1 Å². The van der Waals surface area contributed by atoms with E-state index in [0.29, 0.717) is 11.1 Å². The SMILES string of the molecule is CC(C)(C)[S+]([O-])/N=C/c1cc(Br)cc(C(N)=O)c1. The fourth-order valence-electron chi connectivity index (χ4n) is 1.10. The topological polar surface area (TPSA) is 78.5 Å². The zero-order valence-corrected chi connectivity index (χ0v) is 12.8. The number of hydrogen-bond donors (Lipinski definition) is 1. The molecule has 2 N–H and O–H groups in total. The minimum Gasteiger partial charge on any atom is -0.591 e. The van der Waals surface area contributed by atoms with E-state index in [4.69, 9.17) is 5.73 Å². The summed E-state index contributed by atoms with van der Waals surface area (Å²) in [5.74, 6) is -0.511. The average molecular weight is 331 g/mol. The Bertz CT molecular complexity index is 483. The van der Waals surface area contributed by atoms with Crippen molar-refractivity contribution in [3.05, 3.63) is 33.8 Å². The van der Waals surface area contributed by atoms with Crippen molar-refractivity contribution in [1.29, 1.82) is 0 Å². The van der Waals surface area contributed by atoms with Gasteiger partial charge in [-0.3, -0.25) is 4.79 Å². The Balaban J connectivity index is 2.98. The number of carbonyl (C=O) groups is 1. The van der Waals surface area contributed by atoms with E-state index in [0.717, 1.165) is 4.47 Å². The molecule has 0 bridgehead atoms. The van der Waals surface area contributed by atoms with Crippen LogP contribution in [0.4, 0.5) is 0 Å². The van der Waals surface area contributed by atoms with Gasteiger partial charge < -0.3 is 10.3 Å². The van der Waals surface area contributed by atoms with Gasteiger partial charge >= 0.3 is 0 Å². The molecule has 0 spiro atoms. The summed E-state index contributed by atoms with van der Waals surface area (Å²) in [6.07, 6.45) is 1.48. The molecule has 1 amide bonds. The molecule has 0 aromatic heterocycles. The van der Waals surface area contributed by atoms with Crippen LogP contribution in [0.15, 0.2) is 27.1 Å². The zero-order chi connectivity index (χ0) is 13.9. The molecule has 0 radical (unpaired) electrons. The Morgan fingerprint density at radius 1 is 1.44 bits per heavy atom. The van der Waals surface area contributed by atoms with Crippen LogP contribution in [0.1, 0.15) is 36.7 Å². The molecule has 0 aliphatic carbocycles. The van der Waals surface area contributed by atoms with Crippen LogP contribution < -0.4 is 5.73 Å². The molecule has 98 valence electrons. The maximum atomic E-state index is 11.8. The van der Waals surface area contributed by atoms with E-state index < -0.39 is 22.0 Å². The van der Waals surface area contributed by atoms with Crippen LogP contribution in [0.3, 0.4) is 0 Å². The summed E-state index contributed by atoms with van der Waals surface area (Å²) < 4.78 is 16.0. The van der Waals surface area contributed by atoms with Crippen molar-refractivity contribution >= 4 is 39.4 Å². The smallest absolute Gasteiger partial charge is 0.248 e. The van der Waals surface area contributed by atoms with Crippen LogP contribution in [-0.2, 0) is 11.4 Å². The van der Waals surface area contributed by atoms with Crippen molar-refractivity contribution in [3.8, 4) is 0 Å². The second kappa shape index (κ2) is 5.86. The third kappa shape index (κ3) is 4.44. The molecule has 1 aromatic carbocycles. The Kier molecular flexibility index (Phi) is 4.95. The Hall–Kier alpha value is -0.850. The van der Waals surface area contributed by atoms with Gasteiger partial charge in [-0.05, 0) is 44.5 Å². The standard InChI is InChI=1S/C12H15BrN2O2S/c1-12(2,3)18(17)15-7-8-4-9(11(14)16)6-10(13)5-8/h4-7H,1-3H3,(H2,14,16)/b15-7+. The largest absolute Gasteiger partial charge is 0.591 e. The van der Waals surface area contributed by atoms with E-state index in [9.17, 15) is 9.35 Å². The van der Waals surface area contributed by atoms with Crippen molar-refractivity contribution in [1.82, 2.24) is 0 Å². The highest BCUT2D eigenvalue weighted by molar-refractivity contribution is 9.10. The highest BCUT2D eigenvalue weighted by Crippen LogP contribution is 2.18. The molecule has 0 heterocycles. The quantitative estimate of drug-likeness (QED) is 0.682. The van der Waals surface area contributed by atoms with E-state index in [1.807, 2.05) is 20.8 Å². The summed E-state index contributed by atoms with van der Waals surface area (Å²) in [6.45, 7) is 5.53. The molecule has 4 nitrogen and oxygen atoms in total. The van der Waals surface area contributed by atoms with Gasteiger partial charge in [-0.25, -0.2) is 0 Å². The first kappa shape index (κ1) is 15.2. The van der Waals surface area contributed by atoms with Crippen LogP contribution in [0.2, 0.25) is 0 Å². The van der Waals surface area contributed by atoms with Crippen LogP contribution in [-0.4, -0.2) is 21.4 Å². The van der Waals surface area contributed by atoms with Gasteiger partial charge in [0, 0.05) is 10.0 Å². The van der Waals surface area contributed by atoms with Crippen LogP contribution in [0.5, 0.6) is 0 Å². The summed E-state index contributed by atoms with van der Waals surface area (Å²) in [7, 11) is 0. The number of nitrogens with two attached hydrogens (primary N) is 1. The summed E-state index contributed by atoms with van der Waals surface area (Å²) in [5.41, 5.74) is 6.27. The van der Waals surface area contributed by atoms with E-state index in [1.165, 1.54) is 6.21 Å². The number of carbonyl (C=O) groups excluding carboxylic acids is 1. The number of primary amides is 1. The van der Waals surface area contributed by atoms with Gasteiger partial charge in [0.05, 0.1) is 6.21 Å². The lowest BCUT2D eigenvalue weighted by Gasteiger charge is -2.17. The zero-order valence-electron chi connectivity index (χ0n) is 10.4. The predicted octanol–water partition coefficient (Wildman–Crippen LogP) is 2.43. The first-order chi connectivity index (χ1) is 8.20. The number of nitrogens with zero attached hydrogens (tertiary/aromatic N) is 1. The molecule has 0 aliphatic rings. The van der Waals surface area contributed by atoms with Crippen molar-refractivity contribution in [3.63, 3.8) is 0 Å². The number of hydrogen-bond acceptors (Lipinski definition) is 3. The van der Waals surface area contributed by atoms with E-state index in [1.54, 1.807) is 18.2 Å². The molecule has 6 heteroatoms. The molecular formula is C12H15BrN2O2S. The van der Waals surface area contributed by atoms with Crippen molar-refractivity contribution in [2.24, 2.45) is 10.1 Å². The molecule has 18 heavy (non-hydrogen) atoms. The third-order valence-corrected chi connectivity index (χ3v) is 3.83. The summed E-state index contributed by atoms with van der Waals surface area (Å²) >= 11 is 1.96. The molecular weight excluding hydrogens is 316 g/mol. The van der Waals surface area contributed by atoms with Crippen molar-refractivity contribution in [2.45, 2.75) is 25.5 Å². The molecule has 0 saturated heterocycles. The monoisotopic (exact) mass is 330 g/mol. The normalized spacial score (nSPS) is 13.8. The predicted molar refractivity (Wildman–Crippen MR) is 78.1 cm³/mol. The maximum absolute atomic E-state index is 11.8. The number of halogens is 1. The highest BCUT2D eigenvalue weighted by Gasteiger charge is 2.25. The fourth-order valence-corrected chi connectivity index (χ4v) is 2.14. The van der Waals surface area contributed by atoms with E-state index in [-0.39, 0.29) is 0 Å². The summed E-state index contributed by atoms with van der Waals surface area (Å²) in [5, 5.41) is 0. The van der Waals surface area contributed by atoms with E-state index in [2.05, 4.69) is 20.3 Å². The van der Waals surface area contributed by atoms with Gasteiger partial charge in [-0.2, -0.15) is 0 Å². The van der Waals surface area contributed by atoms with Crippen LogP contribution >= 0.6 is 15.9 Å². The van der Waals surface area contributed by atoms with Gasteiger partial charge in [-0.1, -0.05) is 20.3 Å². The molecule has 0 saturated carbocycles. The lowest BCUT2D eigenvalue weighted by molar-refractivity contribution is 0.1000. The van der Waals surface area contributed by atoms with Crippen LogP contribution in [0, 0.1) is 0 Å². The number of benzene rings is 1. The fraction of sp³-hybridized carbons (Fsp3) is 0.333. The van der Waals surface area contributed by atoms with Crippen molar-refractivity contribution < 1.29 is 9.35 Å². The average Bonchev–Trinajstić information content (AvgIpc) is 2.23. The molecule has 1 unspecified atom stereocenters. The molecule has 0 aliphatic heterocycles. The highest BCUT2D eigenvalue weighted by atomic mass is 79.9. The maximum Gasteiger partial charge on any atom is 0.248 e. The molecule has 1 atom stereocenters. The number of amides is 1. The Morgan fingerprint density at radius 2 is 2.06 bits per heavy atom. The number of rotatable bonds is 3. The van der Waals surface area contributed by atoms with Gasteiger partial charge in [-0.15, -0.1) is 0 Å². The van der Waals surface area contributed by atoms with Gasteiger partial charge in [0.15, 0.2) is 0 Å². The first-order valence-electron chi connectivity index (χ1n) is 5.26. The molecule has 1 aromatic rings.